The van der Waals surface area contributed by atoms with Gasteiger partial charge in [-0.05, 0) is 47.2 Å². The summed E-state index contributed by atoms with van der Waals surface area (Å²) in [6, 6.07) is 8.54. The van der Waals surface area contributed by atoms with Gasteiger partial charge in [0.15, 0.2) is 5.11 Å². The van der Waals surface area contributed by atoms with Gasteiger partial charge in [-0.15, -0.1) is 0 Å². The quantitative estimate of drug-likeness (QED) is 0.787. The molecule has 0 fully saturated rings. The Balaban J connectivity index is 2.58. The van der Waals surface area contributed by atoms with Crippen LogP contribution in [-0.2, 0) is 5.41 Å². The molecule has 2 nitrogen and oxygen atoms in total. The van der Waals surface area contributed by atoms with Gasteiger partial charge in [0.05, 0.1) is 0 Å². The third kappa shape index (κ3) is 6.47. The number of nitrogens with zero attached hydrogens (tertiary/aromatic N) is 1. The standard InChI is InChI=1S/C18H30N2S/c1-17(2,3)12-13-20(7)16(21)19-15-10-8-14(9-11-15)18(4,5)6/h8-11H,12-13H2,1-7H3,(H,19,21). The second kappa shape index (κ2) is 6.78. The molecular formula is C18H30N2S. The number of anilines is 1. The summed E-state index contributed by atoms with van der Waals surface area (Å²) in [4.78, 5) is 2.11. The van der Waals surface area contributed by atoms with Crippen molar-refractivity contribution in [3.05, 3.63) is 29.8 Å². The molecule has 0 spiro atoms. The maximum Gasteiger partial charge on any atom is 0.173 e. The minimum absolute atomic E-state index is 0.183. The number of thiocarbonyl (C=S) groups is 1. The van der Waals surface area contributed by atoms with E-state index in [0.717, 1.165) is 23.8 Å². The minimum Gasteiger partial charge on any atom is -0.352 e. The van der Waals surface area contributed by atoms with E-state index in [1.54, 1.807) is 0 Å². The van der Waals surface area contributed by atoms with Crippen LogP contribution in [-0.4, -0.2) is 23.6 Å². The molecule has 0 heterocycles. The zero-order valence-corrected chi connectivity index (χ0v) is 15.4. The predicted octanol–water partition coefficient (Wildman–Crippen LogP) is 5.05. The summed E-state index contributed by atoms with van der Waals surface area (Å²) in [5, 5.41) is 4.09. The Hall–Kier alpha value is -1.09. The molecule has 0 unspecified atom stereocenters. The fourth-order valence-electron chi connectivity index (χ4n) is 1.88. The fraction of sp³-hybridized carbons (Fsp3) is 0.611. The first-order chi connectivity index (χ1) is 9.49. The van der Waals surface area contributed by atoms with Crippen molar-refractivity contribution in [2.24, 2.45) is 5.41 Å². The number of hydrogen-bond donors (Lipinski definition) is 1. The molecule has 0 aliphatic carbocycles. The minimum atomic E-state index is 0.183. The van der Waals surface area contributed by atoms with Crippen LogP contribution in [0.15, 0.2) is 24.3 Å². The highest BCUT2D eigenvalue weighted by Crippen LogP contribution is 2.23. The average molecular weight is 307 g/mol. The van der Waals surface area contributed by atoms with E-state index in [1.807, 2.05) is 7.05 Å². The van der Waals surface area contributed by atoms with E-state index >= 15 is 0 Å². The lowest BCUT2D eigenvalue weighted by atomic mass is 9.87. The summed E-state index contributed by atoms with van der Waals surface area (Å²) in [5.74, 6) is 0. The van der Waals surface area contributed by atoms with Crippen molar-refractivity contribution in [2.45, 2.75) is 53.4 Å². The van der Waals surface area contributed by atoms with E-state index in [-0.39, 0.29) is 5.41 Å². The van der Waals surface area contributed by atoms with Gasteiger partial charge >= 0.3 is 0 Å². The normalized spacial score (nSPS) is 12.1. The average Bonchev–Trinajstić information content (AvgIpc) is 2.34. The topological polar surface area (TPSA) is 15.3 Å². The van der Waals surface area contributed by atoms with Gasteiger partial charge in [0.25, 0.3) is 0 Å². The summed E-state index contributed by atoms with van der Waals surface area (Å²) < 4.78 is 0. The second-order valence-electron chi connectivity index (χ2n) is 7.99. The molecule has 0 radical (unpaired) electrons. The van der Waals surface area contributed by atoms with Crippen molar-refractivity contribution in [2.75, 3.05) is 18.9 Å². The van der Waals surface area contributed by atoms with Crippen molar-refractivity contribution in [3.63, 3.8) is 0 Å². The molecule has 0 aliphatic rings. The molecule has 1 N–H and O–H groups in total. The molecule has 0 saturated heterocycles. The summed E-state index contributed by atoms with van der Waals surface area (Å²) in [6.45, 7) is 14.4. The van der Waals surface area contributed by atoms with Crippen LogP contribution in [0.5, 0.6) is 0 Å². The number of benzene rings is 1. The molecule has 0 aromatic heterocycles. The predicted molar refractivity (Wildman–Crippen MR) is 98.1 cm³/mol. The molecule has 3 heteroatoms. The first-order valence-corrected chi connectivity index (χ1v) is 8.02. The monoisotopic (exact) mass is 306 g/mol. The van der Waals surface area contributed by atoms with Crippen molar-refractivity contribution >= 4 is 23.0 Å². The van der Waals surface area contributed by atoms with Gasteiger partial charge < -0.3 is 10.2 Å². The van der Waals surface area contributed by atoms with Gasteiger partial charge in [0.1, 0.15) is 0 Å². The molecule has 1 aromatic carbocycles. The lowest BCUT2D eigenvalue weighted by molar-refractivity contribution is 0.330. The molecule has 0 bridgehead atoms. The Labute approximate surface area is 135 Å². The maximum absolute atomic E-state index is 5.47. The Morgan fingerprint density at radius 2 is 1.57 bits per heavy atom. The Kier molecular flexibility index (Phi) is 5.80. The maximum atomic E-state index is 5.47. The first-order valence-electron chi connectivity index (χ1n) is 7.62. The number of hydrogen-bond acceptors (Lipinski definition) is 1. The van der Waals surface area contributed by atoms with Crippen LogP contribution in [0.2, 0.25) is 0 Å². The molecule has 1 rings (SSSR count). The molecule has 0 saturated carbocycles. The third-order valence-corrected chi connectivity index (χ3v) is 3.96. The molecule has 1 aromatic rings. The van der Waals surface area contributed by atoms with Crippen LogP contribution in [0.25, 0.3) is 0 Å². The van der Waals surface area contributed by atoms with Gasteiger partial charge in [0.2, 0.25) is 0 Å². The Morgan fingerprint density at radius 1 is 1.05 bits per heavy atom. The molecule has 0 amide bonds. The van der Waals surface area contributed by atoms with E-state index < -0.39 is 0 Å². The fourth-order valence-corrected chi connectivity index (χ4v) is 2.09. The van der Waals surface area contributed by atoms with E-state index in [0.29, 0.717) is 5.41 Å². The van der Waals surface area contributed by atoms with Gasteiger partial charge in [-0.25, -0.2) is 0 Å². The number of nitrogens with one attached hydrogen (secondary N) is 1. The Morgan fingerprint density at radius 3 is 2.00 bits per heavy atom. The second-order valence-corrected chi connectivity index (χ2v) is 8.38. The van der Waals surface area contributed by atoms with E-state index in [9.17, 15) is 0 Å². The molecule has 0 atom stereocenters. The van der Waals surface area contributed by atoms with Crippen LogP contribution >= 0.6 is 12.2 Å². The van der Waals surface area contributed by atoms with Crippen molar-refractivity contribution < 1.29 is 0 Å². The van der Waals surface area contributed by atoms with Crippen LogP contribution < -0.4 is 5.32 Å². The van der Waals surface area contributed by atoms with Gasteiger partial charge in [0, 0.05) is 19.3 Å². The zero-order valence-electron chi connectivity index (χ0n) is 14.6. The summed E-state index contributed by atoms with van der Waals surface area (Å²) in [7, 11) is 2.05. The van der Waals surface area contributed by atoms with E-state index in [4.69, 9.17) is 12.2 Å². The number of rotatable bonds is 3. The molecule has 21 heavy (non-hydrogen) atoms. The van der Waals surface area contributed by atoms with Crippen molar-refractivity contribution in [1.82, 2.24) is 4.90 Å². The van der Waals surface area contributed by atoms with Gasteiger partial charge in [-0.1, -0.05) is 53.7 Å². The van der Waals surface area contributed by atoms with Gasteiger partial charge in [-0.3, -0.25) is 0 Å². The highest BCUT2D eigenvalue weighted by molar-refractivity contribution is 7.80. The molecule has 118 valence electrons. The lowest BCUT2D eigenvalue weighted by Crippen LogP contribution is -2.33. The lowest BCUT2D eigenvalue weighted by Gasteiger charge is -2.26. The van der Waals surface area contributed by atoms with E-state index in [1.165, 1.54) is 5.56 Å². The molecule has 0 aliphatic heterocycles. The Bertz CT molecular complexity index is 463. The third-order valence-electron chi connectivity index (χ3n) is 3.55. The largest absolute Gasteiger partial charge is 0.352 e. The van der Waals surface area contributed by atoms with Crippen molar-refractivity contribution in [1.29, 1.82) is 0 Å². The van der Waals surface area contributed by atoms with Gasteiger partial charge in [-0.2, -0.15) is 0 Å². The van der Waals surface area contributed by atoms with Crippen LogP contribution in [0.1, 0.15) is 53.5 Å². The van der Waals surface area contributed by atoms with Crippen LogP contribution in [0, 0.1) is 5.41 Å². The van der Waals surface area contributed by atoms with Crippen molar-refractivity contribution in [3.8, 4) is 0 Å². The zero-order chi connectivity index (χ0) is 16.3. The first kappa shape index (κ1) is 18.0. The van der Waals surface area contributed by atoms with E-state index in [2.05, 4.69) is 76.0 Å². The highest BCUT2D eigenvalue weighted by atomic mass is 32.1. The molecular weight excluding hydrogens is 276 g/mol. The summed E-state index contributed by atoms with van der Waals surface area (Å²) in [5.41, 5.74) is 2.90. The SMILES string of the molecule is CN(CCC(C)(C)C)C(=S)Nc1ccc(C(C)(C)C)cc1. The summed E-state index contributed by atoms with van der Waals surface area (Å²) in [6.07, 6.45) is 1.12. The van der Waals surface area contributed by atoms with Crippen LogP contribution in [0.3, 0.4) is 0 Å². The smallest absolute Gasteiger partial charge is 0.173 e. The summed E-state index contributed by atoms with van der Waals surface area (Å²) >= 11 is 5.47. The van der Waals surface area contributed by atoms with Crippen LogP contribution in [0.4, 0.5) is 5.69 Å². The highest BCUT2D eigenvalue weighted by Gasteiger charge is 2.14.